The topological polar surface area (TPSA) is 64.4 Å². The SMILES string of the molecule is COc1cc2occ(-c3ccc4ccccc4c3)c2cc1/C(C)=C/C(=O)Nc1ncccc1C. The number of fused-ring (bicyclic) bond motifs is 2. The van der Waals surface area contributed by atoms with Crippen molar-refractivity contribution in [2.45, 2.75) is 13.8 Å². The average molecular weight is 449 g/mol. The Kier molecular flexibility index (Phi) is 5.60. The molecule has 0 atom stereocenters. The zero-order chi connectivity index (χ0) is 23.7. The predicted molar refractivity (Wildman–Crippen MR) is 137 cm³/mol. The van der Waals surface area contributed by atoms with Crippen molar-refractivity contribution in [2.24, 2.45) is 0 Å². The summed E-state index contributed by atoms with van der Waals surface area (Å²) in [5.41, 5.74) is 5.29. The number of rotatable bonds is 5. The van der Waals surface area contributed by atoms with Crippen LogP contribution in [0.3, 0.4) is 0 Å². The van der Waals surface area contributed by atoms with Gasteiger partial charge in [0, 0.05) is 34.9 Å². The molecule has 0 unspecified atom stereocenters. The molecule has 0 fully saturated rings. The zero-order valence-electron chi connectivity index (χ0n) is 19.3. The Balaban J connectivity index is 1.54. The van der Waals surface area contributed by atoms with E-state index in [1.807, 2.05) is 50.2 Å². The fourth-order valence-corrected chi connectivity index (χ4v) is 4.16. The summed E-state index contributed by atoms with van der Waals surface area (Å²) in [5, 5.41) is 6.16. The van der Waals surface area contributed by atoms with E-state index < -0.39 is 0 Å². The first kappa shape index (κ1) is 21.5. The van der Waals surface area contributed by atoms with Crippen LogP contribution in [0.1, 0.15) is 18.1 Å². The molecular weight excluding hydrogens is 424 g/mol. The molecule has 1 N–H and O–H groups in total. The standard InChI is InChI=1S/C29H24N2O3/c1-18-7-6-12-30-29(18)31-28(32)13-19(2)23-15-24-25(17-34-27(24)16-26(23)33-3)22-11-10-20-8-4-5-9-21(20)14-22/h4-17H,1-3H3,(H,30,31,32)/b19-13+. The van der Waals surface area contributed by atoms with E-state index in [-0.39, 0.29) is 5.91 Å². The molecular formula is C29H24N2O3. The van der Waals surface area contributed by atoms with Gasteiger partial charge in [0.05, 0.1) is 13.4 Å². The third-order valence-corrected chi connectivity index (χ3v) is 5.98. The maximum atomic E-state index is 12.7. The fraction of sp³-hybridized carbons (Fsp3) is 0.103. The number of nitrogens with one attached hydrogen (secondary N) is 1. The van der Waals surface area contributed by atoms with E-state index in [0.717, 1.165) is 38.8 Å². The third kappa shape index (κ3) is 4.04. The number of hydrogen-bond donors (Lipinski definition) is 1. The van der Waals surface area contributed by atoms with Crippen molar-refractivity contribution in [3.63, 3.8) is 0 Å². The van der Waals surface area contributed by atoms with E-state index in [0.29, 0.717) is 11.6 Å². The largest absolute Gasteiger partial charge is 0.496 e. The summed E-state index contributed by atoms with van der Waals surface area (Å²) in [6.07, 6.45) is 4.99. The summed E-state index contributed by atoms with van der Waals surface area (Å²) in [7, 11) is 1.61. The van der Waals surface area contributed by atoms with Crippen molar-refractivity contribution in [1.29, 1.82) is 0 Å². The Labute approximate surface area is 197 Å². The summed E-state index contributed by atoms with van der Waals surface area (Å²) < 4.78 is 11.5. The zero-order valence-corrected chi connectivity index (χ0v) is 19.3. The number of carbonyl (C=O) groups is 1. The van der Waals surface area contributed by atoms with Crippen LogP contribution >= 0.6 is 0 Å². The molecule has 0 aliphatic heterocycles. The van der Waals surface area contributed by atoms with Crippen molar-refractivity contribution in [1.82, 2.24) is 4.98 Å². The molecule has 2 aromatic heterocycles. The van der Waals surface area contributed by atoms with Crippen LogP contribution in [0.25, 0.3) is 38.4 Å². The lowest BCUT2D eigenvalue weighted by atomic mass is 9.97. The minimum atomic E-state index is -0.247. The number of amides is 1. The highest BCUT2D eigenvalue weighted by Gasteiger charge is 2.15. The molecule has 34 heavy (non-hydrogen) atoms. The number of aromatic nitrogens is 1. The van der Waals surface area contributed by atoms with Gasteiger partial charge < -0.3 is 14.5 Å². The van der Waals surface area contributed by atoms with Crippen molar-refractivity contribution < 1.29 is 13.9 Å². The Morgan fingerprint density at radius 3 is 2.65 bits per heavy atom. The van der Waals surface area contributed by atoms with Crippen LogP contribution in [0.4, 0.5) is 5.82 Å². The van der Waals surface area contributed by atoms with Gasteiger partial charge in [0.1, 0.15) is 17.2 Å². The second kappa shape index (κ2) is 8.87. The van der Waals surface area contributed by atoms with Crippen LogP contribution in [0.15, 0.2) is 89.7 Å². The van der Waals surface area contributed by atoms with Gasteiger partial charge in [-0.05, 0) is 59.5 Å². The van der Waals surface area contributed by atoms with E-state index in [2.05, 4.69) is 40.6 Å². The lowest BCUT2D eigenvalue weighted by Gasteiger charge is -2.11. The highest BCUT2D eigenvalue weighted by Crippen LogP contribution is 2.38. The second-order valence-corrected chi connectivity index (χ2v) is 8.25. The Bertz CT molecular complexity index is 1560. The number of nitrogens with zero attached hydrogens (tertiary/aromatic N) is 1. The van der Waals surface area contributed by atoms with Crippen molar-refractivity contribution in [3.8, 4) is 16.9 Å². The van der Waals surface area contributed by atoms with Gasteiger partial charge in [-0.1, -0.05) is 42.5 Å². The molecule has 168 valence electrons. The van der Waals surface area contributed by atoms with E-state index in [9.17, 15) is 4.79 Å². The minimum Gasteiger partial charge on any atom is -0.496 e. The van der Waals surface area contributed by atoms with Gasteiger partial charge in [-0.3, -0.25) is 4.79 Å². The molecule has 2 heterocycles. The van der Waals surface area contributed by atoms with Gasteiger partial charge in [-0.25, -0.2) is 4.98 Å². The number of methoxy groups -OCH3 is 1. The molecule has 0 aliphatic carbocycles. The molecule has 5 heteroatoms. The highest BCUT2D eigenvalue weighted by atomic mass is 16.5. The van der Waals surface area contributed by atoms with Gasteiger partial charge >= 0.3 is 0 Å². The molecule has 0 saturated heterocycles. The molecule has 0 saturated carbocycles. The number of allylic oxidation sites excluding steroid dienone is 1. The number of benzene rings is 3. The molecule has 0 radical (unpaired) electrons. The molecule has 5 aromatic rings. The number of furan rings is 1. The van der Waals surface area contributed by atoms with Gasteiger partial charge in [0.15, 0.2) is 0 Å². The van der Waals surface area contributed by atoms with Crippen molar-refractivity contribution in [2.75, 3.05) is 12.4 Å². The monoisotopic (exact) mass is 448 g/mol. The van der Waals surface area contributed by atoms with Gasteiger partial charge in [0.2, 0.25) is 5.91 Å². The van der Waals surface area contributed by atoms with Gasteiger partial charge in [-0.2, -0.15) is 0 Å². The van der Waals surface area contributed by atoms with Gasteiger partial charge in [0.25, 0.3) is 0 Å². The van der Waals surface area contributed by atoms with Gasteiger partial charge in [-0.15, -0.1) is 0 Å². The summed E-state index contributed by atoms with van der Waals surface area (Å²) in [6, 6.07) is 22.3. The first-order valence-corrected chi connectivity index (χ1v) is 11.0. The maximum absolute atomic E-state index is 12.7. The first-order chi connectivity index (χ1) is 16.5. The number of anilines is 1. The number of pyridine rings is 1. The first-order valence-electron chi connectivity index (χ1n) is 11.0. The minimum absolute atomic E-state index is 0.247. The Morgan fingerprint density at radius 1 is 1.03 bits per heavy atom. The highest BCUT2D eigenvalue weighted by molar-refractivity contribution is 6.05. The van der Waals surface area contributed by atoms with Crippen molar-refractivity contribution >= 4 is 39.0 Å². The molecule has 0 spiro atoms. The van der Waals surface area contributed by atoms with E-state index in [1.165, 1.54) is 10.8 Å². The molecule has 3 aromatic carbocycles. The smallest absolute Gasteiger partial charge is 0.249 e. The molecule has 1 amide bonds. The lowest BCUT2D eigenvalue weighted by Crippen LogP contribution is -2.11. The normalized spacial score (nSPS) is 11.7. The molecule has 5 nitrogen and oxygen atoms in total. The second-order valence-electron chi connectivity index (χ2n) is 8.25. The number of carbonyl (C=O) groups excluding carboxylic acids is 1. The fourth-order valence-electron chi connectivity index (χ4n) is 4.16. The molecule has 0 aliphatic rings. The number of ether oxygens (including phenoxy) is 1. The van der Waals surface area contributed by atoms with Crippen LogP contribution < -0.4 is 10.1 Å². The molecule has 0 bridgehead atoms. The van der Waals surface area contributed by atoms with E-state index in [1.54, 1.807) is 25.6 Å². The molecule has 5 rings (SSSR count). The van der Waals surface area contributed by atoms with E-state index >= 15 is 0 Å². The van der Waals surface area contributed by atoms with Crippen LogP contribution in [0.2, 0.25) is 0 Å². The van der Waals surface area contributed by atoms with Crippen LogP contribution in [-0.2, 0) is 4.79 Å². The third-order valence-electron chi connectivity index (χ3n) is 5.98. The predicted octanol–water partition coefficient (Wildman–Crippen LogP) is 7.01. The summed E-state index contributed by atoms with van der Waals surface area (Å²) in [5.74, 6) is 0.943. The maximum Gasteiger partial charge on any atom is 0.249 e. The van der Waals surface area contributed by atoms with Crippen LogP contribution in [0.5, 0.6) is 5.75 Å². The lowest BCUT2D eigenvalue weighted by molar-refractivity contribution is -0.111. The van der Waals surface area contributed by atoms with Crippen LogP contribution in [0, 0.1) is 6.92 Å². The number of hydrogen-bond acceptors (Lipinski definition) is 4. The quantitative estimate of drug-likeness (QED) is 0.294. The van der Waals surface area contributed by atoms with Crippen molar-refractivity contribution in [3.05, 3.63) is 96.4 Å². The summed E-state index contributed by atoms with van der Waals surface area (Å²) in [4.78, 5) is 16.9. The summed E-state index contributed by atoms with van der Waals surface area (Å²) >= 11 is 0. The Hall–Kier alpha value is -4.38. The Morgan fingerprint density at radius 2 is 1.85 bits per heavy atom. The summed E-state index contributed by atoms with van der Waals surface area (Å²) in [6.45, 7) is 3.80. The number of aryl methyl sites for hydroxylation is 1. The average Bonchev–Trinajstić information content (AvgIpc) is 3.27. The van der Waals surface area contributed by atoms with Crippen LogP contribution in [-0.4, -0.2) is 18.0 Å². The van der Waals surface area contributed by atoms with E-state index in [4.69, 9.17) is 9.15 Å².